The van der Waals surface area contributed by atoms with Crippen molar-refractivity contribution in [3.8, 4) is 0 Å². The lowest BCUT2D eigenvalue weighted by Crippen LogP contribution is -2.05. The van der Waals surface area contributed by atoms with E-state index in [1.54, 1.807) is 7.11 Å². The molecule has 0 aromatic heterocycles. The second-order valence-corrected chi connectivity index (χ2v) is 8.30. The molecule has 2 N–H and O–H groups in total. The quantitative estimate of drug-likeness (QED) is 0.445. The molecule has 6 heteroatoms. The van der Waals surface area contributed by atoms with Crippen molar-refractivity contribution in [2.75, 3.05) is 20.3 Å². The summed E-state index contributed by atoms with van der Waals surface area (Å²) >= 11 is 0. The maximum absolute atomic E-state index is 10.8. The monoisotopic (exact) mass is 370 g/mol. The summed E-state index contributed by atoms with van der Waals surface area (Å²) in [7, 11) is -2.59. The highest BCUT2D eigenvalue weighted by atomic mass is 31.2. The number of phosphoric acid groups is 1. The van der Waals surface area contributed by atoms with E-state index in [1.165, 1.54) is 30.4 Å². The molecule has 0 unspecified atom stereocenters. The zero-order valence-electron chi connectivity index (χ0n) is 15.1. The molecule has 0 aliphatic heterocycles. The Morgan fingerprint density at radius 3 is 2.48 bits per heavy atom. The lowest BCUT2D eigenvalue weighted by molar-refractivity contribution is 0.168. The molecular weight excluding hydrogens is 339 g/mol. The molecule has 1 aliphatic rings. The minimum Gasteiger partial charge on any atom is -0.385 e. The van der Waals surface area contributed by atoms with Crippen LogP contribution in [0.4, 0.5) is 0 Å². The Kier molecular flexibility index (Phi) is 8.60. The van der Waals surface area contributed by atoms with Crippen LogP contribution in [-0.4, -0.2) is 30.1 Å². The Labute approximate surface area is 151 Å². The summed E-state index contributed by atoms with van der Waals surface area (Å²) in [6.45, 7) is 1.01. The van der Waals surface area contributed by atoms with Gasteiger partial charge in [-0.15, -0.1) is 0 Å². The van der Waals surface area contributed by atoms with Gasteiger partial charge in [-0.25, -0.2) is 4.57 Å². The van der Waals surface area contributed by atoms with E-state index < -0.39 is 7.82 Å². The topological polar surface area (TPSA) is 76.0 Å². The first-order chi connectivity index (χ1) is 12.0. The van der Waals surface area contributed by atoms with E-state index in [0.29, 0.717) is 5.92 Å². The van der Waals surface area contributed by atoms with Crippen LogP contribution in [0, 0.1) is 5.92 Å². The van der Waals surface area contributed by atoms with Crippen molar-refractivity contribution in [3.63, 3.8) is 0 Å². The Balaban J connectivity index is 1.70. The first-order valence-corrected chi connectivity index (χ1v) is 10.8. The molecule has 1 aromatic carbocycles. The fourth-order valence-electron chi connectivity index (χ4n) is 3.62. The predicted octanol–water partition coefficient (Wildman–Crippen LogP) is 4.43. The van der Waals surface area contributed by atoms with E-state index in [2.05, 4.69) is 28.8 Å². The van der Waals surface area contributed by atoms with Gasteiger partial charge >= 0.3 is 7.82 Å². The molecular formula is C19H31O5P. The number of rotatable bonds is 11. The largest absolute Gasteiger partial charge is 0.469 e. The van der Waals surface area contributed by atoms with Crippen molar-refractivity contribution in [1.29, 1.82) is 0 Å². The van der Waals surface area contributed by atoms with Crippen LogP contribution in [0.3, 0.4) is 0 Å². The molecule has 25 heavy (non-hydrogen) atoms. The van der Waals surface area contributed by atoms with E-state index in [1.807, 2.05) is 0 Å². The Hall–Kier alpha value is -0.710. The summed E-state index contributed by atoms with van der Waals surface area (Å²) in [6.07, 6.45) is 8.93. The highest BCUT2D eigenvalue weighted by molar-refractivity contribution is 7.46. The average molecular weight is 370 g/mol. The summed E-state index contributed by atoms with van der Waals surface area (Å²) in [5, 5.41) is 0. The molecule has 0 amide bonds. The van der Waals surface area contributed by atoms with Crippen molar-refractivity contribution >= 4 is 7.82 Å². The summed E-state index contributed by atoms with van der Waals surface area (Å²) in [5.41, 5.74) is 2.72. The van der Waals surface area contributed by atoms with Crippen LogP contribution in [0.1, 0.15) is 62.0 Å². The smallest absolute Gasteiger partial charge is 0.385 e. The molecule has 142 valence electrons. The van der Waals surface area contributed by atoms with Gasteiger partial charge in [-0.3, -0.25) is 4.52 Å². The molecule has 2 rings (SSSR count). The molecule has 2 atom stereocenters. The van der Waals surface area contributed by atoms with Crippen molar-refractivity contribution in [3.05, 3.63) is 35.4 Å². The maximum atomic E-state index is 10.8. The number of methoxy groups -OCH3 is 1. The molecule has 0 saturated heterocycles. The van der Waals surface area contributed by atoms with Crippen molar-refractivity contribution < 1.29 is 23.6 Å². The summed E-state index contributed by atoms with van der Waals surface area (Å²) < 4.78 is 20.5. The third kappa shape index (κ3) is 8.02. The van der Waals surface area contributed by atoms with E-state index in [9.17, 15) is 4.57 Å². The van der Waals surface area contributed by atoms with Gasteiger partial charge in [0.1, 0.15) is 0 Å². The molecule has 0 spiro atoms. The van der Waals surface area contributed by atoms with Crippen LogP contribution in [0.2, 0.25) is 0 Å². The van der Waals surface area contributed by atoms with Crippen LogP contribution in [0.5, 0.6) is 0 Å². The first kappa shape index (κ1) is 20.6. The van der Waals surface area contributed by atoms with E-state index >= 15 is 0 Å². The van der Waals surface area contributed by atoms with E-state index in [4.69, 9.17) is 14.5 Å². The molecule has 1 saturated carbocycles. The summed E-state index contributed by atoms with van der Waals surface area (Å²) in [4.78, 5) is 17.6. The Morgan fingerprint density at radius 1 is 1.08 bits per heavy atom. The summed E-state index contributed by atoms with van der Waals surface area (Å²) in [6, 6.07) is 8.89. The third-order valence-corrected chi connectivity index (χ3v) is 5.52. The molecule has 0 heterocycles. The first-order valence-electron chi connectivity index (χ1n) is 9.26. The van der Waals surface area contributed by atoms with Gasteiger partial charge in [-0.05, 0) is 61.5 Å². The van der Waals surface area contributed by atoms with Gasteiger partial charge in [0.2, 0.25) is 0 Å². The van der Waals surface area contributed by atoms with Gasteiger partial charge < -0.3 is 14.5 Å². The van der Waals surface area contributed by atoms with Crippen molar-refractivity contribution in [2.45, 2.75) is 57.3 Å². The number of aryl methyl sites for hydroxylation is 1. The third-order valence-electron chi connectivity index (χ3n) is 5.03. The fourth-order valence-corrected chi connectivity index (χ4v) is 4.02. The van der Waals surface area contributed by atoms with Crippen LogP contribution in [-0.2, 0) is 20.2 Å². The lowest BCUT2D eigenvalue weighted by atomic mass is 9.94. The maximum Gasteiger partial charge on any atom is 0.469 e. The van der Waals surface area contributed by atoms with Crippen molar-refractivity contribution in [1.82, 2.24) is 0 Å². The van der Waals surface area contributed by atoms with Crippen LogP contribution in [0.25, 0.3) is 0 Å². The summed E-state index contributed by atoms with van der Waals surface area (Å²) in [5.74, 6) is 0.720. The number of hydrogen-bond acceptors (Lipinski definition) is 3. The molecule has 5 nitrogen and oxygen atoms in total. The number of benzene rings is 1. The van der Waals surface area contributed by atoms with Crippen LogP contribution in [0.15, 0.2) is 24.3 Å². The predicted molar refractivity (Wildman–Crippen MR) is 98.6 cm³/mol. The van der Waals surface area contributed by atoms with E-state index in [-0.39, 0.29) is 12.5 Å². The van der Waals surface area contributed by atoms with Gasteiger partial charge in [-0.2, -0.15) is 0 Å². The minimum absolute atomic E-state index is 0.155. The van der Waals surface area contributed by atoms with Crippen LogP contribution < -0.4 is 0 Å². The molecule has 0 bridgehead atoms. The van der Waals surface area contributed by atoms with Gasteiger partial charge in [0.15, 0.2) is 0 Å². The van der Waals surface area contributed by atoms with Gasteiger partial charge in [0.25, 0.3) is 0 Å². The highest BCUT2D eigenvalue weighted by Gasteiger charge is 2.28. The fraction of sp³-hybridized carbons (Fsp3) is 0.684. The SMILES string of the molecule is COCCCCCCc1ccc([C@H]2CC[C@H](COP(=O)(O)O)C2)cc1. The Morgan fingerprint density at radius 2 is 1.80 bits per heavy atom. The number of ether oxygens (including phenoxy) is 1. The lowest BCUT2D eigenvalue weighted by Gasteiger charge is -2.13. The van der Waals surface area contributed by atoms with E-state index in [0.717, 1.165) is 38.7 Å². The number of phosphoric ester groups is 1. The molecule has 1 fully saturated rings. The Bertz CT molecular complexity index is 539. The molecule has 1 aromatic rings. The van der Waals surface area contributed by atoms with Gasteiger partial charge in [0, 0.05) is 13.7 Å². The minimum atomic E-state index is -4.34. The molecule has 1 aliphatic carbocycles. The number of unbranched alkanes of at least 4 members (excludes halogenated alkanes) is 3. The van der Waals surface area contributed by atoms with Crippen molar-refractivity contribution in [2.24, 2.45) is 5.92 Å². The van der Waals surface area contributed by atoms with Gasteiger partial charge in [-0.1, -0.05) is 37.1 Å². The standard InChI is InChI=1S/C19H31O5P/c1-23-13-5-3-2-4-6-16-7-10-18(11-8-16)19-12-9-17(14-19)15-24-25(20,21)22/h7-8,10-11,17,19H,2-6,9,12-15H2,1H3,(H2,20,21,22)/t17-,19-/m0/s1. The zero-order valence-corrected chi connectivity index (χ0v) is 16.0. The van der Waals surface area contributed by atoms with Gasteiger partial charge in [0.05, 0.1) is 6.61 Å². The second-order valence-electron chi connectivity index (χ2n) is 7.06. The average Bonchev–Trinajstić information content (AvgIpc) is 3.05. The number of hydrogen-bond donors (Lipinski definition) is 2. The normalized spacial score (nSPS) is 20.9. The second kappa shape index (κ2) is 10.4. The molecule has 0 radical (unpaired) electrons. The highest BCUT2D eigenvalue weighted by Crippen LogP contribution is 2.42. The van der Waals surface area contributed by atoms with Crippen LogP contribution >= 0.6 is 7.82 Å². The zero-order chi connectivity index (χ0) is 18.1.